The maximum absolute atomic E-state index is 12.7. The van der Waals surface area contributed by atoms with Crippen LogP contribution in [0.3, 0.4) is 0 Å². The van der Waals surface area contributed by atoms with E-state index in [9.17, 15) is 14.9 Å². The van der Waals surface area contributed by atoms with E-state index in [2.05, 4.69) is 9.97 Å². The fraction of sp³-hybridized carbons (Fsp3) is 0.400. The highest BCUT2D eigenvalue weighted by atomic mass is 32.1. The minimum absolute atomic E-state index is 0.00159. The molecule has 1 aliphatic rings. The van der Waals surface area contributed by atoms with Crippen molar-refractivity contribution in [2.75, 3.05) is 20.8 Å². The van der Waals surface area contributed by atoms with Crippen LogP contribution in [0.15, 0.2) is 12.1 Å². The van der Waals surface area contributed by atoms with Crippen molar-refractivity contribution in [1.29, 1.82) is 0 Å². The number of thiophene rings is 1. The Kier molecular flexibility index (Phi) is 4.79. The maximum atomic E-state index is 12.7. The number of carbonyl (C=O) groups is 1. The van der Waals surface area contributed by atoms with Gasteiger partial charge in [0, 0.05) is 16.3 Å². The van der Waals surface area contributed by atoms with Crippen LogP contribution < -0.4 is 9.47 Å². The summed E-state index contributed by atoms with van der Waals surface area (Å²) < 4.78 is 10.1. The van der Waals surface area contributed by atoms with Crippen molar-refractivity contribution in [3.05, 3.63) is 43.4 Å². The lowest BCUT2D eigenvalue weighted by atomic mass is 10.1. The Bertz CT molecular complexity index is 800. The third kappa shape index (κ3) is 3.68. The highest BCUT2D eigenvalue weighted by Crippen LogP contribution is 2.29. The van der Waals surface area contributed by atoms with E-state index in [0.717, 1.165) is 10.4 Å². The van der Waals surface area contributed by atoms with Crippen molar-refractivity contribution in [2.45, 2.75) is 19.5 Å². The van der Waals surface area contributed by atoms with Gasteiger partial charge in [0.25, 0.3) is 5.91 Å². The second-order valence-electron chi connectivity index (χ2n) is 5.40. The second kappa shape index (κ2) is 7.01. The predicted molar refractivity (Wildman–Crippen MR) is 88.6 cm³/mol. The molecule has 0 atom stereocenters. The van der Waals surface area contributed by atoms with Crippen LogP contribution in [0.1, 0.15) is 25.9 Å². The van der Waals surface area contributed by atoms with E-state index < -0.39 is 0 Å². The zero-order valence-corrected chi connectivity index (χ0v) is 14.5. The fourth-order valence-corrected chi connectivity index (χ4v) is 3.81. The molecule has 1 amide bonds. The zero-order valence-electron chi connectivity index (χ0n) is 13.7. The quantitative estimate of drug-likeness (QED) is 0.585. The summed E-state index contributed by atoms with van der Waals surface area (Å²) in [6.45, 7) is 0.699. The third-order valence-corrected chi connectivity index (χ3v) is 4.94. The first-order valence-corrected chi connectivity index (χ1v) is 8.30. The van der Waals surface area contributed by atoms with Gasteiger partial charge in [-0.15, -0.1) is 11.3 Å². The fourth-order valence-electron chi connectivity index (χ4n) is 2.61. The molecule has 0 radical (unpaired) electrons. The Morgan fingerprint density at radius 2 is 2.00 bits per heavy atom. The summed E-state index contributed by atoms with van der Waals surface area (Å²) in [5, 5.41) is 10.7. The van der Waals surface area contributed by atoms with Gasteiger partial charge in [-0.05, 0) is 18.1 Å². The van der Waals surface area contributed by atoms with Crippen molar-refractivity contribution in [3.8, 4) is 11.8 Å². The molecule has 132 valence electrons. The highest BCUT2D eigenvalue weighted by Gasteiger charge is 2.27. The van der Waals surface area contributed by atoms with Crippen LogP contribution in [0, 0.1) is 10.1 Å². The number of hydrogen-bond acceptors (Lipinski definition) is 8. The molecule has 10 heteroatoms. The van der Waals surface area contributed by atoms with Gasteiger partial charge in [0.15, 0.2) is 0 Å². The summed E-state index contributed by atoms with van der Waals surface area (Å²) in [7, 11) is 2.90. The number of nitro groups is 1. The third-order valence-electron chi connectivity index (χ3n) is 3.79. The molecular formula is C15H16N4O5S. The van der Waals surface area contributed by atoms with Gasteiger partial charge in [-0.25, -0.2) is 0 Å². The molecule has 0 saturated heterocycles. The first kappa shape index (κ1) is 17.1. The van der Waals surface area contributed by atoms with Gasteiger partial charge in [0.2, 0.25) is 24.1 Å². The smallest absolute Gasteiger partial charge is 0.292 e. The van der Waals surface area contributed by atoms with Crippen LogP contribution in [-0.2, 0) is 19.5 Å². The SMILES string of the molecule is COc1cc(OC)nc(C(=O)N2CCc3cc(C[N+](=O)[O-])sc3C2)n1. The molecule has 0 aromatic carbocycles. The summed E-state index contributed by atoms with van der Waals surface area (Å²) in [6.07, 6.45) is 0.649. The van der Waals surface area contributed by atoms with Crippen LogP contribution in [0.5, 0.6) is 11.8 Å². The number of amides is 1. The van der Waals surface area contributed by atoms with Gasteiger partial charge in [-0.2, -0.15) is 9.97 Å². The molecule has 0 bridgehead atoms. The standard InChI is InChI=1S/C15H16N4O5S/c1-23-12-6-13(24-2)17-14(16-12)15(20)18-4-3-9-5-10(7-19(21)22)25-11(9)8-18/h5-6H,3-4,7-8H2,1-2H3. The lowest BCUT2D eigenvalue weighted by molar-refractivity contribution is -0.496. The molecule has 3 heterocycles. The van der Waals surface area contributed by atoms with Crippen LogP contribution in [0.4, 0.5) is 0 Å². The number of ether oxygens (including phenoxy) is 2. The van der Waals surface area contributed by atoms with Crippen LogP contribution in [-0.4, -0.2) is 46.5 Å². The normalized spacial score (nSPS) is 13.3. The van der Waals surface area contributed by atoms with Gasteiger partial charge < -0.3 is 14.4 Å². The summed E-state index contributed by atoms with van der Waals surface area (Å²) in [6, 6.07) is 3.35. The van der Waals surface area contributed by atoms with E-state index >= 15 is 0 Å². The Balaban J connectivity index is 1.80. The number of fused-ring (bicyclic) bond motifs is 1. The lowest BCUT2D eigenvalue weighted by Gasteiger charge is -2.26. The Morgan fingerprint density at radius 1 is 1.32 bits per heavy atom. The number of rotatable bonds is 5. The molecule has 2 aromatic rings. The van der Waals surface area contributed by atoms with E-state index in [0.29, 0.717) is 24.4 Å². The minimum Gasteiger partial charge on any atom is -0.481 e. The van der Waals surface area contributed by atoms with Gasteiger partial charge in [-0.3, -0.25) is 14.9 Å². The first-order valence-electron chi connectivity index (χ1n) is 7.48. The Labute approximate surface area is 147 Å². The molecular weight excluding hydrogens is 348 g/mol. The van der Waals surface area contributed by atoms with E-state index in [1.54, 1.807) is 4.90 Å². The molecule has 0 fully saturated rings. The number of aromatic nitrogens is 2. The molecule has 0 aliphatic carbocycles. The van der Waals surface area contributed by atoms with Gasteiger partial charge in [-0.1, -0.05) is 0 Å². The average Bonchev–Trinajstić information content (AvgIpc) is 3.00. The second-order valence-corrected chi connectivity index (χ2v) is 6.63. The zero-order chi connectivity index (χ0) is 18.0. The monoisotopic (exact) mass is 364 g/mol. The summed E-state index contributed by atoms with van der Waals surface area (Å²) >= 11 is 1.37. The van der Waals surface area contributed by atoms with E-state index in [1.165, 1.54) is 31.6 Å². The number of nitrogens with zero attached hydrogens (tertiary/aromatic N) is 4. The van der Waals surface area contributed by atoms with E-state index in [1.807, 2.05) is 6.07 Å². The molecule has 0 spiro atoms. The van der Waals surface area contributed by atoms with Crippen molar-refractivity contribution >= 4 is 17.2 Å². The van der Waals surface area contributed by atoms with Crippen LogP contribution in [0.2, 0.25) is 0 Å². The van der Waals surface area contributed by atoms with Crippen molar-refractivity contribution < 1.29 is 19.2 Å². The van der Waals surface area contributed by atoms with Crippen LogP contribution >= 0.6 is 11.3 Å². The Hall–Kier alpha value is -2.75. The molecule has 0 saturated carbocycles. The van der Waals surface area contributed by atoms with Crippen LogP contribution in [0.25, 0.3) is 0 Å². The molecule has 3 rings (SSSR count). The molecule has 0 unspecified atom stereocenters. The molecule has 2 aromatic heterocycles. The largest absolute Gasteiger partial charge is 0.481 e. The van der Waals surface area contributed by atoms with Gasteiger partial charge >= 0.3 is 0 Å². The van der Waals surface area contributed by atoms with E-state index in [4.69, 9.17) is 9.47 Å². The molecule has 25 heavy (non-hydrogen) atoms. The predicted octanol–water partition coefficient (Wildman–Crippen LogP) is 1.53. The molecule has 0 N–H and O–H groups in total. The highest BCUT2D eigenvalue weighted by molar-refractivity contribution is 7.12. The van der Waals surface area contributed by atoms with Crippen molar-refractivity contribution in [2.24, 2.45) is 0 Å². The number of methoxy groups -OCH3 is 2. The summed E-state index contributed by atoms with van der Waals surface area (Å²) in [4.78, 5) is 34.5. The van der Waals surface area contributed by atoms with Gasteiger partial charge in [0.1, 0.15) is 0 Å². The molecule has 9 nitrogen and oxygen atoms in total. The van der Waals surface area contributed by atoms with E-state index in [-0.39, 0.29) is 35.0 Å². The van der Waals surface area contributed by atoms with Crippen molar-refractivity contribution in [1.82, 2.24) is 14.9 Å². The minimum atomic E-state index is -0.351. The first-order chi connectivity index (χ1) is 12.0. The number of carbonyl (C=O) groups excluding carboxylic acids is 1. The molecule has 1 aliphatic heterocycles. The van der Waals surface area contributed by atoms with Crippen molar-refractivity contribution in [3.63, 3.8) is 0 Å². The summed E-state index contributed by atoms with van der Waals surface area (Å²) in [5.74, 6) is 0.170. The maximum Gasteiger partial charge on any atom is 0.292 e. The topological polar surface area (TPSA) is 108 Å². The lowest BCUT2D eigenvalue weighted by Crippen LogP contribution is -2.36. The van der Waals surface area contributed by atoms with Gasteiger partial charge in [0.05, 0.1) is 31.7 Å². The number of hydrogen-bond donors (Lipinski definition) is 0. The average molecular weight is 364 g/mol. The summed E-state index contributed by atoms with van der Waals surface area (Å²) in [5.41, 5.74) is 1.06. The Morgan fingerprint density at radius 3 is 2.60 bits per heavy atom.